The lowest BCUT2D eigenvalue weighted by molar-refractivity contribution is -0.115. The number of methoxy groups -OCH3 is 1. The Labute approximate surface area is 167 Å². The first kappa shape index (κ1) is 18.9. The molecule has 1 aliphatic heterocycles. The standard InChI is InChI=1S/C18H13BrFNO3S2/c1-23-14-7-11(8-15-17(22)21-18(25)26-15)6-13(19)16(14)24-9-10-2-4-12(20)5-3-10/h2-8H,9H2,1H3,(H,21,22,25). The molecule has 2 aromatic carbocycles. The van der Waals surface area contributed by atoms with Gasteiger partial charge in [-0.25, -0.2) is 4.39 Å². The molecule has 0 saturated carbocycles. The number of carbonyl (C=O) groups excluding carboxylic acids is 1. The third-order valence-corrected chi connectivity index (χ3v) is 5.24. The summed E-state index contributed by atoms with van der Waals surface area (Å²) in [4.78, 5) is 12.3. The zero-order valence-corrected chi connectivity index (χ0v) is 16.8. The van der Waals surface area contributed by atoms with Crippen LogP contribution in [0.2, 0.25) is 0 Å². The summed E-state index contributed by atoms with van der Waals surface area (Å²) in [5.41, 5.74) is 1.60. The van der Waals surface area contributed by atoms with Crippen molar-refractivity contribution in [3.63, 3.8) is 0 Å². The Morgan fingerprint density at radius 3 is 2.65 bits per heavy atom. The van der Waals surface area contributed by atoms with Crippen molar-refractivity contribution < 1.29 is 18.7 Å². The van der Waals surface area contributed by atoms with Gasteiger partial charge >= 0.3 is 0 Å². The van der Waals surface area contributed by atoms with Crippen LogP contribution in [0.4, 0.5) is 4.39 Å². The molecule has 0 unspecified atom stereocenters. The monoisotopic (exact) mass is 453 g/mol. The quantitative estimate of drug-likeness (QED) is 0.526. The number of carbonyl (C=O) groups is 1. The molecular weight excluding hydrogens is 441 g/mol. The van der Waals surface area contributed by atoms with Crippen LogP contribution >= 0.6 is 39.9 Å². The maximum absolute atomic E-state index is 13.0. The molecule has 8 heteroatoms. The van der Waals surface area contributed by atoms with Crippen molar-refractivity contribution in [1.82, 2.24) is 5.32 Å². The maximum atomic E-state index is 13.0. The summed E-state index contributed by atoms with van der Waals surface area (Å²) in [5, 5.41) is 2.58. The van der Waals surface area contributed by atoms with Gasteiger partial charge in [0.2, 0.25) is 0 Å². The summed E-state index contributed by atoms with van der Waals surface area (Å²) in [6.45, 7) is 0.266. The van der Waals surface area contributed by atoms with Gasteiger partial charge in [-0.2, -0.15) is 0 Å². The van der Waals surface area contributed by atoms with E-state index in [1.54, 1.807) is 24.3 Å². The summed E-state index contributed by atoms with van der Waals surface area (Å²) in [6.07, 6.45) is 1.73. The minimum Gasteiger partial charge on any atom is -0.493 e. The van der Waals surface area contributed by atoms with Crippen LogP contribution in [0.5, 0.6) is 11.5 Å². The zero-order chi connectivity index (χ0) is 18.7. The van der Waals surface area contributed by atoms with E-state index in [-0.39, 0.29) is 18.3 Å². The minimum atomic E-state index is -0.293. The average molecular weight is 454 g/mol. The second kappa shape index (κ2) is 8.20. The molecule has 1 N–H and O–H groups in total. The smallest absolute Gasteiger partial charge is 0.263 e. The molecule has 0 aliphatic carbocycles. The topological polar surface area (TPSA) is 47.6 Å². The van der Waals surface area contributed by atoms with Crippen LogP contribution in [0, 0.1) is 5.82 Å². The largest absolute Gasteiger partial charge is 0.493 e. The molecule has 134 valence electrons. The molecule has 0 bridgehead atoms. The highest BCUT2D eigenvalue weighted by atomic mass is 79.9. The molecule has 1 heterocycles. The van der Waals surface area contributed by atoms with Crippen molar-refractivity contribution in [3.05, 3.63) is 62.7 Å². The van der Waals surface area contributed by atoms with Crippen molar-refractivity contribution in [2.45, 2.75) is 6.61 Å². The molecule has 26 heavy (non-hydrogen) atoms. The van der Waals surface area contributed by atoms with Crippen molar-refractivity contribution >= 4 is 56.2 Å². The fourth-order valence-corrected chi connectivity index (χ4v) is 3.89. The zero-order valence-electron chi connectivity index (χ0n) is 13.5. The highest BCUT2D eigenvalue weighted by Gasteiger charge is 2.22. The van der Waals surface area contributed by atoms with Crippen molar-refractivity contribution in [2.24, 2.45) is 0 Å². The normalized spacial score (nSPS) is 15.3. The van der Waals surface area contributed by atoms with E-state index in [9.17, 15) is 9.18 Å². The number of hydrogen-bond donors (Lipinski definition) is 1. The highest BCUT2D eigenvalue weighted by Crippen LogP contribution is 2.38. The molecule has 3 rings (SSSR count). The molecule has 1 amide bonds. The lowest BCUT2D eigenvalue weighted by Gasteiger charge is -2.14. The van der Waals surface area contributed by atoms with Gasteiger partial charge < -0.3 is 14.8 Å². The van der Waals surface area contributed by atoms with E-state index >= 15 is 0 Å². The third-order valence-electron chi connectivity index (χ3n) is 3.49. The van der Waals surface area contributed by atoms with Crippen LogP contribution < -0.4 is 14.8 Å². The fourth-order valence-electron chi connectivity index (χ4n) is 2.27. The Morgan fingerprint density at radius 2 is 2.04 bits per heavy atom. The molecule has 1 fully saturated rings. The van der Waals surface area contributed by atoms with Crippen LogP contribution in [0.3, 0.4) is 0 Å². The fraction of sp³-hybridized carbons (Fsp3) is 0.111. The summed E-state index contributed by atoms with van der Waals surface area (Å²) in [5.74, 6) is 0.530. The van der Waals surface area contributed by atoms with Crippen molar-refractivity contribution in [1.29, 1.82) is 0 Å². The van der Waals surface area contributed by atoms with E-state index < -0.39 is 0 Å². The molecule has 2 aromatic rings. The van der Waals surface area contributed by atoms with Gasteiger partial charge in [0.1, 0.15) is 16.7 Å². The number of halogens is 2. The van der Waals surface area contributed by atoms with Crippen molar-refractivity contribution in [3.8, 4) is 11.5 Å². The molecule has 0 spiro atoms. The predicted molar refractivity (Wildman–Crippen MR) is 108 cm³/mol. The first-order valence-corrected chi connectivity index (χ1v) is 9.47. The summed E-state index contributed by atoms with van der Waals surface area (Å²) >= 11 is 9.67. The van der Waals surface area contributed by atoms with Gasteiger partial charge in [0.05, 0.1) is 16.5 Å². The van der Waals surface area contributed by atoms with Crippen LogP contribution in [0.1, 0.15) is 11.1 Å². The summed E-state index contributed by atoms with van der Waals surface area (Å²) in [7, 11) is 1.54. The van der Waals surface area contributed by atoms with Crippen LogP contribution in [0.25, 0.3) is 6.08 Å². The van der Waals surface area contributed by atoms with E-state index in [0.717, 1.165) is 11.1 Å². The van der Waals surface area contributed by atoms with Gasteiger partial charge in [0.25, 0.3) is 5.91 Å². The number of ether oxygens (including phenoxy) is 2. The second-order valence-electron chi connectivity index (χ2n) is 5.30. The highest BCUT2D eigenvalue weighted by molar-refractivity contribution is 9.10. The molecule has 1 saturated heterocycles. The maximum Gasteiger partial charge on any atom is 0.263 e. The molecule has 4 nitrogen and oxygen atoms in total. The number of thiocarbonyl (C=S) groups is 1. The number of thioether (sulfide) groups is 1. The lowest BCUT2D eigenvalue weighted by Crippen LogP contribution is -2.17. The molecule has 0 radical (unpaired) electrons. The van der Waals surface area contributed by atoms with E-state index in [4.69, 9.17) is 21.7 Å². The Bertz CT molecular complexity index is 900. The second-order valence-corrected chi connectivity index (χ2v) is 7.87. The Hall–Kier alpha value is -1.90. The van der Waals surface area contributed by atoms with E-state index in [0.29, 0.717) is 25.2 Å². The predicted octanol–water partition coefficient (Wildman–Crippen LogP) is 4.66. The SMILES string of the molecule is COc1cc(C=C2SC(=S)NC2=O)cc(Br)c1OCc1ccc(F)cc1. The van der Waals surface area contributed by atoms with Gasteiger partial charge in [0.15, 0.2) is 11.5 Å². The third kappa shape index (κ3) is 4.44. The molecule has 0 atom stereocenters. The summed E-state index contributed by atoms with van der Waals surface area (Å²) in [6, 6.07) is 9.68. The van der Waals surface area contributed by atoms with Gasteiger partial charge in [-0.3, -0.25) is 4.79 Å². The van der Waals surface area contributed by atoms with E-state index in [1.165, 1.54) is 31.0 Å². The number of rotatable bonds is 5. The van der Waals surface area contributed by atoms with Gasteiger partial charge in [-0.05, 0) is 57.4 Å². The Kier molecular flexibility index (Phi) is 5.95. The number of amides is 1. The minimum absolute atomic E-state index is 0.216. The van der Waals surface area contributed by atoms with Crippen LogP contribution in [0.15, 0.2) is 45.8 Å². The Morgan fingerprint density at radius 1 is 1.31 bits per heavy atom. The number of hydrogen-bond acceptors (Lipinski definition) is 5. The van der Waals surface area contributed by atoms with Gasteiger partial charge in [-0.1, -0.05) is 36.1 Å². The summed E-state index contributed by atoms with van der Waals surface area (Å²) < 4.78 is 25.3. The first-order chi connectivity index (χ1) is 12.5. The van der Waals surface area contributed by atoms with Gasteiger partial charge in [-0.15, -0.1) is 0 Å². The lowest BCUT2D eigenvalue weighted by atomic mass is 10.2. The average Bonchev–Trinajstić information content (AvgIpc) is 2.92. The Balaban J connectivity index is 1.83. The van der Waals surface area contributed by atoms with Crippen molar-refractivity contribution in [2.75, 3.05) is 7.11 Å². The molecular formula is C18H13BrFNO3S2. The van der Waals surface area contributed by atoms with E-state index in [1.807, 2.05) is 6.07 Å². The molecule has 1 aliphatic rings. The van der Waals surface area contributed by atoms with E-state index in [2.05, 4.69) is 21.2 Å². The number of benzene rings is 2. The first-order valence-electron chi connectivity index (χ1n) is 7.46. The van der Waals surface area contributed by atoms with Crippen LogP contribution in [-0.4, -0.2) is 17.3 Å². The van der Waals surface area contributed by atoms with Gasteiger partial charge in [0, 0.05) is 0 Å². The van der Waals surface area contributed by atoms with Crippen LogP contribution in [-0.2, 0) is 11.4 Å². The number of nitrogens with one attached hydrogen (secondary N) is 1. The molecule has 0 aromatic heterocycles.